The summed E-state index contributed by atoms with van der Waals surface area (Å²) in [5.74, 6) is 1.60. The molecule has 2 rings (SSSR count). The molecule has 1 aromatic heterocycles. The molecule has 0 spiro atoms. The third kappa shape index (κ3) is 3.13. The molecule has 5 heteroatoms. The molecule has 0 atom stereocenters. The third-order valence-electron chi connectivity index (χ3n) is 3.10. The standard InChI is InChI=1S/C15H17BrClN3/c1-4-13-9(3)14(18-5-2)20-15(19-13)10-6-7-11(16)12(17)8-10/h6-8H,4-5H2,1-3H3,(H,18,19,20). The molecule has 1 N–H and O–H groups in total. The van der Waals surface area contributed by atoms with E-state index < -0.39 is 0 Å². The highest BCUT2D eigenvalue weighted by Gasteiger charge is 2.11. The second-order valence-corrected chi connectivity index (χ2v) is 5.74. The van der Waals surface area contributed by atoms with E-state index in [1.165, 1.54) is 0 Å². The number of nitrogens with zero attached hydrogens (tertiary/aromatic N) is 2. The van der Waals surface area contributed by atoms with Gasteiger partial charge in [0.15, 0.2) is 5.82 Å². The van der Waals surface area contributed by atoms with Crippen molar-refractivity contribution < 1.29 is 0 Å². The smallest absolute Gasteiger partial charge is 0.161 e. The van der Waals surface area contributed by atoms with E-state index in [1.807, 2.05) is 18.2 Å². The first-order chi connectivity index (χ1) is 9.56. The molecule has 0 aliphatic rings. The van der Waals surface area contributed by atoms with Crippen LogP contribution in [0.15, 0.2) is 22.7 Å². The largest absolute Gasteiger partial charge is 0.370 e. The van der Waals surface area contributed by atoms with Crippen LogP contribution in [-0.2, 0) is 6.42 Å². The van der Waals surface area contributed by atoms with Crippen molar-refractivity contribution >= 4 is 33.3 Å². The van der Waals surface area contributed by atoms with Crippen LogP contribution >= 0.6 is 27.5 Å². The summed E-state index contributed by atoms with van der Waals surface area (Å²) in [7, 11) is 0. The van der Waals surface area contributed by atoms with Crippen molar-refractivity contribution in [3.63, 3.8) is 0 Å². The highest BCUT2D eigenvalue weighted by molar-refractivity contribution is 9.10. The van der Waals surface area contributed by atoms with Crippen LogP contribution in [0, 0.1) is 6.92 Å². The predicted molar refractivity (Wildman–Crippen MR) is 88.5 cm³/mol. The Morgan fingerprint density at radius 3 is 2.60 bits per heavy atom. The van der Waals surface area contributed by atoms with Gasteiger partial charge in [-0.15, -0.1) is 0 Å². The van der Waals surface area contributed by atoms with Crippen LogP contribution in [0.5, 0.6) is 0 Å². The number of hydrogen-bond donors (Lipinski definition) is 1. The highest BCUT2D eigenvalue weighted by atomic mass is 79.9. The van der Waals surface area contributed by atoms with Gasteiger partial charge in [-0.2, -0.15) is 0 Å². The van der Waals surface area contributed by atoms with Crippen molar-refractivity contribution in [1.29, 1.82) is 0 Å². The van der Waals surface area contributed by atoms with E-state index in [0.717, 1.165) is 40.1 Å². The maximum absolute atomic E-state index is 6.15. The molecule has 0 fully saturated rings. The van der Waals surface area contributed by atoms with Crippen LogP contribution in [0.1, 0.15) is 25.1 Å². The minimum absolute atomic E-state index is 0.662. The summed E-state index contributed by atoms with van der Waals surface area (Å²) in [6, 6.07) is 5.76. The lowest BCUT2D eigenvalue weighted by Gasteiger charge is -2.12. The number of aryl methyl sites for hydroxylation is 1. The molecule has 0 bridgehead atoms. The summed E-state index contributed by atoms with van der Waals surface area (Å²) in [6.07, 6.45) is 0.879. The van der Waals surface area contributed by atoms with E-state index in [2.05, 4.69) is 52.0 Å². The summed E-state index contributed by atoms with van der Waals surface area (Å²) < 4.78 is 0.873. The van der Waals surface area contributed by atoms with E-state index in [1.54, 1.807) is 0 Å². The van der Waals surface area contributed by atoms with E-state index in [9.17, 15) is 0 Å². The van der Waals surface area contributed by atoms with Crippen LogP contribution in [0.4, 0.5) is 5.82 Å². The molecule has 3 nitrogen and oxygen atoms in total. The quantitative estimate of drug-likeness (QED) is 0.852. The maximum Gasteiger partial charge on any atom is 0.161 e. The molecule has 0 amide bonds. The lowest BCUT2D eigenvalue weighted by molar-refractivity contribution is 0.970. The average Bonchev–Trinajstić information content (AvgIpc) is 2.44. The number of nitrogens with one attached hydrogen (secondary N) is 1. The number of halogens is 2. The minimum atomic E-state index is 0.662. The zero-order valence-corrected chi connectivity index (χ0v) is 14.1. The van der Waals surface area contributed by atoms with Gasteiger partial charge in [0.1, 0.15) is 5.82 Å². The van der Waals surface area contributed by atoms with Gasteiger partial charge in [-0.25, -0.2) is 9.97 Å². The van der Waals surface area contributed by atoms with Gasteiger partial charge < -0.3 is 5.32 Å². The molecule has 0 unspecified atom stereocenters. The summed E-state index contributed by atoms with van der Waals surface area (Å²) in [5.41, 5.74) is 3.10. The van der Waals surface area contributed by atoms with E-state index >= 15 is 0 Å². The third-order valence-corrected chi connectivity index (χ3v) is 4.34. The van der Waals surface area contributed by atoms with Gasteiger partial charge in [0.25, 0.3) is 0 Å². The van der Waals surface area contributed by atoms with Gasteiger partial charge in [0.05, 0.1) is 5.02 Å². The fraction of sp³-hybridized carbons (Fsp3) is 0.333. The number of hydrogen-bond acceptors (Lipinski definition) is 3. The van der Waals surface area contributed by atoms with Gasteiger partial charge in [0, 0.05) is 27.8 Å². The summed E-state index contributed by atoms with van der Waals surface area (Å²) >= 11 is 9.55. The molecule has 0 aliphatic carbocycles. The fourth-order valence-electron chi connectivity index (χ4n) is 2.01. The van der Waals surface area contributed by atoms with Crippen molar-refractivity contribution in [3.8, 4) is 11.4 Å². The molecule has 0 aliphatic heterocycles. The SMILES string of the molecule is CCNc1nc(-c2ccc(Br)c(Cl)c2)nc(CC)c1C. The van der Waals surface area contributed by atoms with Crippen LogP contribution in [-0.4, -0.2) is 16.5 Å². The van der Waals surface area contributed by atoms with E-state index in [4.69, 9.17) is 11.6 Å². The van der Waals surface area contributed by atoms with Gasteiger partial charge >= 0.3 is 0 Å². The zero-order chi connectivity index (χ0) is 14.7. The molecule has 20 heavy (non-hydrogen) atoms. The van der Waals surface area contributed by atoms with Gasteiger partial charge in [-0.3, -0.25) is 0 Å². The van der Waals surface area contributed by atoms with Crippen LogP contribution in [0.2, 0.25) is 5.02 Å². The Morgan fingerprint density at radius 2 is 2.00 bits per heavy atom. The lowest BCUT2D eigenvalue weighted by Crippen LogP contribution is -2.07. The molecule has 106 valence electrons. The topological polar surface area (TPSA) is 37.8 Å². The van der Waals surface area contributed by atoms with Crippen LogP contribution < -0.4 is 5.32 Å². The Bertz CT molecular complexity index is 629. The Balaban J connectivity index is 2.55. The van der Waals surface area contributed by atoms with Crippen molar-refractivity contribution in [3.05, 3.63) is 39.0 Å². The summed E-state index contributed by atoms with van der Waals surface area (Å²) in [6.45, 7) is 7.05. The summed E-state index contributed by atoms with van der Waals surface area (Å²) in [4.78, 5) is 9.27. The molecule has 2 aromatic rings. The second-order valence-electron chi connectivity index (χ2n) is 4.48. The van der Waals surface area contributed by atoms with E-state index in [-0.39, 0.29) is 0 Å². The molecular formula is C15H17BrClN3. The lowest BCUT2D eigenvalue weighted by atomic mass is 10.1. The van der Waals surface area contributed by atoms with Crippen molar-refractivity contribution in [2.24, 2.45) is 0 Å². The zero-order valence-electron chi connectivity index (χ0n) is 11.8. The van der Waals surface area contributed by atoms with Crippen molar-refractivity contribution in [2.75, 3.05) is 11.9 Å². The van der Waals surface area contributed by atoms with Gasteiger partial charge in [0.2, 0.25) is 0 Å². The number of rotatable bonds is 4. The normalized spacial score (nSPS) is 10.7. The first kappa shape index (κ1) is 15.3. The molecule has 0 saturated heterocycles. The molecule has 0 radical (unpaired) electrons. The van der Waals surface area contributed by atoms with Gasteiger partial charge in [-0.05, 0) is 54.4 Å². The molecule has 1 aromatic carbocycles. The predicted octanol–water partition coefficient (Wildman–Crippen LogP) is 4.86. The Kier molecular flexibility index (Phi) is 5.00. The van der Waals surface area contributed by atoms with E-state index in [0.29, 0.717) is 10.8 Å². The molecule has 0 saturated carbocycles. The van der Waals surface area contributed by atoms with Crippen molar-refractivity contribution in [2.45, 2.75) is 27.2 Å². The Labute approximate surface area is 132 Å². The van der Waals surface area contributed by atoms with Crippen LogP contribution in [0.25, 0.3) is 11.4 Å². The van der Waals surface area contributed by atoms with Gasteiger partial charge in [-0.1, -0.05) is 18.5 Å². The minimum Gasteiger partial charge on any atom is -0.370 e. The summed E-state index contributed by atoms with van der Waals surface area (Å²) in [5, 5.41) is 3.96. The van der Waals surface area contributed by atoms with Crippen LogP contribution in [0.3, 0.4) is 0 Å². The first-order valence-corrected chi connectivity index (χ1v) is 7.80. The van der Waals surface area contributed by atoms with Crippen molar-refractivity contribution in [1.82, 2.24) is 9.97 Å². The fourth-order valence-corrected chi connectivity index (χ4v) is 2.44. The number of benzene rings is 1. The number of anilines is 1. The first-order valence-electron chi connectivity index (χ1n) is 6.63. The molecular weight excluding hydrogens is 338 g/mol. The monoisotopic (exact) mass is 353 g/mol. The Hall–Kier alpha value is -1.13. The second kappa shape index (κ2) is 6.55. The average molecular weight is 355 g/mol. The Morgan fingerprint density at radius 1 is 1.25 bits per heavy atom. The molecule has 1 heterocycles. The maximum atomic E-state index is 6.15. The highest BCUT2D eigenvalue weighted by Crippen LogP contribution is 2.29. The number of aromatic nitrogens is 2.